The second-order valence-corrected chi connectivity index (χ2v) is 5.49. The van der Waals surface area contributed by atoms with Gasteiger partial charge in [-0.15, -0.1) is 0 Å². The largest absolute Gasteiger partial charge is 0.482 e. The van der Waals surface area contributed by atoms with E-state index in [-0.39, 0.29) is 6.10 Å². The molecule has 0 saturated carbocycles. The van der Waals surface area contributed by atoms with Gasteiger partial charge in [-0.1, -0.05) is 36.4 Å². The summed E-state index contributed by atoms with van der Waals surface area (Å²) in [5.41, 5.74) is 6.67. The quantitative estimate of drug-likeness (QED) is 0.777. The van der Waals surface area contributed by atoms with Gasteiger partial charge in [0.05, 0.1) is 10.2 Å². The van der Waals surface area contributed by atoms with E-state index in [4.69, 9.17) is 10.5 Å². The molecule has 1 atom stereocenters. The number of fused-ring (bicyclic) bond motifs is 1. The van der Waals surface area contributed by atoms with Crippen LogP contribution in [0.3, 0.4) is 0 Å². The minimum atomic E-state index is -0.260. The summed E-state index contributed by atoms with van der Waals surface area (Å²) in [6.45, 7) is 0.371. The molecule has 2 N–H and O–H groups in total. The first-order valence-electron chi connectivity index (χ1n) is 6.74. The van der Waals surface area contributed by atoms with E-state index in [9.17, 15) is 0 Å². The van der Waals surface area contributed by atoms with Crippen LogP contribution in [0.4, 0.5) is 0 Å². The van der Waals surface area contributed by atoms with Gasteiger partial charge in [-0.25, -0.2) is 0 Å². The lowest BCUT2D eigenvalue weighted by atomic mass is 10.1. The van der Waals surface area contributed by atoms with E-state index < -0.39 is 0 Å². The SMILES string of the molecule is NCC(Oc1ccc2ccccc2c1Br)c1ccccn1. The van der Waals surface area contributed by atoms with Crippen LogP contribution < -0.4 is 10.5 Å². The summed E-state index contributed by atoms with van der Waals surface area (Å²) in [6.07, 6.45) is 1.49. The second-order valence-electron chi connectivity index (χ2n) is 4.70. The maximum atomic E-state index is 6.05. The Morgan fingerprint density at radius 3 is 2.62 bits per heavy atom. The first kappa shape index (κ1) is 14.0. The average molecular weight is 343 g/mol. The Hall–Kier alpha value is -1.91. The molecule has 0 spiro atoms. The normalized spacial score (nSPS) is 12.3. The third-order valence-electron chi connectivity index (χ3n) is 3.33. The highest BCUT2D eigenvalue weighted by molar-refractivity contribution is 9.10. The summed E-state index contributed by atoms with van der Waals surface area (Å²) in [6, 6.07) is 17.9. The number of pyridine rings is 1. The zero-order valence-corrected chi connectivity index (χ0v) is 13.0. The van der Waals surface area contributed by atoms with E-state index in [1.807, 2.05) is 42.5 Å². The van der Waals surface area contributed by atoms with E-state index in [0.717, 1.165) is 21.3 Å². The molecule has 0 aliphatic heterocycles. The Bertz CT molecular complexity index is 746. The molecule has 3 aromatic rings. The van der Waals surface area contributed by atoms with Gasteiger partial charge in [0.2, 0.25) is 0 Å². The minimum absolute atomic E-state index is 0.260. The number of nitrogens with two attached hydrogens (primary N) is 1. The van der Waals surface area contributed by atoms with Crippen LogP contribution in [0.25, 0.3) is 10.8 Å². The number of hydrogen-bond acceptors (Lipinski definition) is 3. The highest BCUT2D eigenvalue weighted by Crippen LogP contribution is 2.35. The maximum Gasteiger partial charge on any atom is 0.153 e. The van der Waals surface area contributed by atoms with Gasteiger partial charge < -0.3 is 10.5 Å². The lowest BCUT2D eigenvalue weighted by molar-refractivity contribution is 0.208. The fourth-order valence-corrected chi connectivity index (χ4v) is 2.84. The van der Waals surface area contributed by atoms with Crippen LogP contribution in [-0.2, 0) is 0 Å². The highest BCUT2D eigenvalue weighted by Gasteiger charge is 2.15. The molecule has 3 nitrogen and oxygen atoms in total. The molecule has 1 unspecified atom stereocenters. The molecule has 0 fully saturated rings. The van der Waals surface area contributed by atoms with Gasteiger partial charge in [-0.3, -0.25) is 4.98 Å². The molecule has 1 heterocycles. The summed E-state index contributed by atoms with van der Waals surface area (Å²) in [4.78, 5) is 4.32. The highest BCUT2D eigenvalue weighted by atomic mass is 79.9. The van der Waals surface area contributed by atoms with Crippen molar-refractivity contribution in [2.75, 3.05) is 6.54 Å². The Kier molecular flexibility index (Phi) is 4.18. The monoisotopic (exact) mass is 342 g/mol. The van der Waals surface area contributed by atoms with Crippen molar-refractivity contribution in [2.45, 2.75) is 6.10 Å². The first-order chi connectivity index (χ1) is 10.3. The summed E-state index contributed by atoms with van der Waals surface area (Å²) in [7, 11) is 0. The molecular weight excluding hydrogens is 328 g/mol. The van der Waals surface area contributed by atoms with Crippen molar-refractivity contribution in [2.24, 2.45) is 5.73 Å². The van der Waals surface area contributed by atoms with Crippen molar-refractivity contribution < 1.29 is 4.74 Å². The smallest absolute Gasteiger partial charge is 0.153 e. The lowest BCUT2D eigenvalue weighted by Gasteiger charge is -2.18. The number of benzene rings is 2. The van der Waals surface area contributed by atoms with Crippen molar-refractivity contribution in [3.05, 3.63) is 71.0 Å². The van der Waals surface area contributed by atoms with Gasteiger partial charge in [0, 0.05) is 12.7 Å². The van der Waals surface area contributed by atoms with E-state index in [0.29, 0.717) is 6.54 Å². The first-order valence-corrected chi connectivity index (χ1v) is 7.54. The third-order valence-corrected chi connectivity index (χ3v) is 4.15. The maximum absolute atomic E-state index is 6.05. The van der Waals surface area contributed by atoms with Gasteiger partial charge in [0.25, 0.3) is 0 Å². The van der Waals surface area contributed by atoms with Crippen LogP contribution in [0, 0.1) is 0 Å². The zero-order chi connectivity index (χ0) is 14.7. The van der Waals surface area contributed by atoms with Crippen LogP contribution in [0.5, 0.6) is 5.75 Å². The summed E-state index contributed by atoms with van der Waals surface area (Å²) in [5, 5.41) is 2.28. The summed E-state index contributed by atoms with van der Waals surface area (Å²) in [5.74, 6) is 0.773. The molecule has 0 saturated heterocycles. The number of aromatic nitrogens is 1. The van der Waals surface area contributed by atoms with E-state index in [2.05, 4.69) is 33.0 Å². The molecule has 0 aliphatic rings. The molecule has 3 rings (SSSR count). The fourth-order valence-electron chi connectivity index (χ4n) is 2.25. The van der Waals surface area contributed by atoms with Crippen LogP contribution >= 0.6 is 15.9 Å². The minimum Gasteiger partial charge on any atom is -0.482 e. The predicted molar refractivity (Wildman–Crippen MR) is 88.3 cm³/mol. The zero-order valence-electron chi connectivity index (χ0n) is 11.4. The van der Waals surface area contributed by atoms with E-state index >= 15 is 0 Å². The Balaban J connectivity index is 1.95. The van der Waals surface area contributed by atoms with Crippen molar-refractivity contribution in [3.8, 4) is 5.75 Å². The van der Waals surface area contributed by atoms with Gasteiger partial charge >= 0.3 is 0 Å². The standard InChI is InChI=1S/C17H15BrN2O/c18-17-13-6-2-1-5-12(13)8-9-15(17)21-16(11-19)14-7-3-4-10-20-14/h1-10,16H,11,19H2. The molecule has 4 heteroatoms. The number of nitrogens with zero attached hydrogens (tertiary/aromatic N) is 1. The Morgan fingerprint density at radius 1 is 1.05 bits per heavy atom. The summed E-state index contributed by atoms with van der Waals surface area (Å²) < 4.78 is 6.99. The van der Waals surface area contributed by atoms with Gasteiger partial charge in [0.1, 0.15) is 5.75 Å². The number of hydrogen-bond donors (Lipinski definition) is 1. The van der Waals surface area contributed by atoms with Crippen molar-refractivity contribution >= 4 is 26.7 Å². The van der Waals surface area contributed by atoms with Crippen molar-refractivity contribution in [1.82, 2.24) is 4.98 Å². The van der Waals surface area contributed by atoms with Gasteiger partial charge in [-0.05, 0) is 44.9 Å². The molecule has 106 valence electrons. The number of rotatable bonds is 4. The molecular formula is C17H15BrN2O. The van der Waals surface area contributed by atoms with Crippen molar-refractivity contribution in [3.63, 3.8) is 0 Å². The summed E-state index contributed by atoms with van der Waals surface area (Å²) >= 11 is 3.63. The Morgan fingerprint density at radius 2 is 1.86 bits per heavy atom. The van der Waals surface area contributed by atoms with Crippen LogP contribution in [0.2, 0.25) is 0 Å². The number of ether oxygens (including phenoxy) is 1. The molecule has 0 radical (unpaired) electrons. The predicted octanol–water partition coefficient (Wildman–Crippen LogP) is 4.08. The molecule has 0 aliphatic carbocycles. The molecule has 0 bridgehead atoms. The van der Waals surface area contributed by atoms with Crippen LogP contribution in [0.1, 0.15) is 11.8 Å². The van der Waals surface area contributed by atoms with Crippen LogP contribution in [0.15, 0.2) is 65.3 Å². The molecule has 21 heavy (non-hydrogen) atoms. The van der Waals surface area contributed by atoms with E-state index in [1.54, 1.807) is 6.20 Å². The Labute approximate surface area is 131 Å². The van der Waals surface area contributed by atoms with Crippen molar-refractivity contribution in [1.29, 1.82) is 0 Å². The van der Waals surface area contributed by atoms with E-state index in [1.165, 1.54) is 5.39 Å². The molecule has 0 amide bonds. The van der Waals surface area contributed by atoms with Gasteiger partial charge in [0.15, 0.2) is 6.10 Å². The lowest BCUT2D eigenvalue weighted by Crippen LogP contribution is -2.19. The second kappa shape index (κ2) is 6.24. The topological polar surface area (TPSA) is 48.1 Å². The van der Waals surface area contributed by atoms with Gasteiger partial charge in [-0.2, -0.15) is 0 Å². The average Bonchev–Trinajstić information content (AvgIpc) is 2.55. The fraction of sp³-hybridized carbons (Fsp3) is 0.118. The van der Waals surface area contributed by atoms with Crippen LogP contribution in [-0.4, -0.2) is 11.5 Å². The molecule has 2 aromatic carbocycles. The third kappa shape index (κ3) is 2.91. The number of halogens is 1. The molecule has 1 aromatic heterocycles.